The highest BCUT2D eigenvalue weighted by atomic mass is 79.9. The van der Waals surface area contributed by atoms with Gasteiger partial charge in [-0.1, -0.05) is 33.6 Å². The second-order valence-corrected chi connectivity index (χ2v) is 9.07. The highest BCUT2D eigenvalue weighted by molar-refractivity contribution is 9.10. The predicted molar refractivity (Wildman–Crippen MR) is 148 cm³/mol. The lowest BCUT2D eigenvalue weighted by atomic mass is 10.1. The van der Waals surface area contributed by atoms with Crippen molar-refractivity contribution in [1.82, 2.24) is 16.2 Å². The second kappa shape index (κ2) is 13.5. The van der Waals surface area contributed by atoms with Gasteiger partial charge < -0.3 is 14.8 Å². The fourth-order valence-corrected chi connectivity index (χ4v) is 3.63. The van der Waals surface area contributed by atoms with E-state index >= 15 is 0 Å². The number of halogens is 1. The molecule has 0 atom stereocenters. The van der Waals surface area contributed by atoms with Crippen LogP contribution in [0.1, 0.15) is 36.6 Å². The van der Waals surface area contributed by atoms with Crippen molar-refractivity contribution in [2.24, 2.45) is 0 Å². The van der Waals surface area contributed by atoms with E-state index in [0.29, 0.717) is 33.6 Å². The minimum absolute atomic E-state index is 0.108. The maximum absolute atomic E-state index is 12.7. The lowest BCUT2D eigenvalue weighted by Gasteiger charge is -2.14. The zero-order valence-electron chi connectivity index (χ0n) is 20.1. The predicted octanol–water partition coefficient (Wildman–Crippen LogP) is 3.98. The van der Waals surface area contributed by atoms with Gasteiger partial charge in [-0.05, 0) is 73.7 Å². The number of ether oxygens (including phenoxy) is 2. The van der Waals surface area contributed by atoms with Crippen LogP contribution >= 0.6 is 28.1 Å². The summed E-state index contributed by atoms with van der Waals surface area (Å²) in [6.07, 6.45) is 0. The number of hydrazine groups is 1. The first kappa shape index (κ1) is 27.8. The molecule has 0 aliphatic carbocycles. The summed E-state index contributed by atoms with van der Waals surface area (Å²) in [7, 11) is 1.55. The summed E-state index contributed by atoms with van der Waals surface area (Å²) in [5.41, 5.74) is 7.55. The van der Waals surface area contributed by atoms with Crippen LogP contribution in [0.5, 0.6) is 5.75 Å². The van der Waals surface area contributed by atoms with Crippen LogP contribution in [0, 0.1) is 6.92 Å². The summed E-state index contributed by atoms with van der Waals surface area (Å²) in [6.45, 7) is 2.54. The standard InChI is InChI=1S/C26H25BrN4O5S/c1-16-4-3-5-18(14-16)23(32)28-20-9-6-17(7-10-20)24(33)30-31-26(37)29-25(34)21-15-19(27)8-11-22(21)36-13-12-35-2/h3-11,14-15H,12-13H2,1-2H3,(H,28,32)(H,30,33)(H2,29,31,34,37). The fourth-order valence-electron chi connectivity index (χ4n) is 3.12. The summed E-state index contributed by atoms with van der Waals surface area (Å²) < 4.78 is 11.2. The van der Waals surface area contributed by atoms with Gasteiger partial charge in [-0.2, -0.15) is 0 Å². The van der Waals surface area contributed by atoms with Crippen LogP contribution in [-0.2, 0) is 4.74 Å². The fraction of sp³-hybridized carbons (Fsp3) is 0.154. The lowest BCUT2D eigenvalue weighted by Crippen LogP contribution is -2.48. The van der Waals surface area contributed by atoms with E-state index in [9.17, 15) is 14.4 Å². The molecule has 3 aromatic rings. The Labute approximate surface area is 228 Å². The van der Waals surface area contributed by atoms with Gasteiger partial charge >= 0.3 is 0 Å². The minimum atomic E-state index is -0.519. The molecule has 0 fully saturated rings. The van der Waals surface area contributed by atoms with Gasteiger partial charge in [0.05, 0.1) is 12.2 Å². The van der Waals surface area contributed by atoms with Crippen LogP contribution in [0.25, 0.3) is 0 Å². The smallest absolute Gasteiger partial charge is 0.269 e. The summed E-state index contributed by atoms with van der Waals surface area (Å²) in [6, 6.07) is 18.6. The van der Waals surface area contributed by atoms with Crippen LogP contribution in [0.4, 0.5) is 5.69 Å². The summed E-state index contributed by atoms with van der Waals surface area (Å²) >= 11 is 8.46. The number of methoxy groups -OCH3 is 1. The number of hydrogen-bond donors (Lipinski definition) is 4. The number of carbonyl (C=O) groups excluding carboxylic acids is 3. The molecule has 0 saturated heterocycles. The molecule has 37 heavy (non-hydrogen) atoms. The number of amides is 3. The molecule has 9 nitrogen and oxygen atoms in total. The molecule has 192 valence electrons. The number of rotatable bonds is 8. The van der Waals surface area contributed by atoms with E-state index in [1.807, 2.05) is 19.1 Å². The van der Waals surface area contributed by atoms with Crippen molar-refractivity contribution >= 4 is 56.7 Å². The lowest BCUT2D eigenvalue weighted by molar-refractivity contribution is 0.0933. The van der Waals surface area contributed by atoms with Crippen molar-refractivity contribution in [1.29, 1.82) is 0 Å². The van der Waals surface area contributed by atoms with Crippen LogP contribution < -0.4 is 26.2 Å². The van der Waals surface area contributed by atoms with Crippen molar-refractivity contribution < 1.29 is 23.9 Å². The van der Waals surface area contributed by atoms with Gasteiger partial charge in [0.15, 0.2) is 5.11 Å². The molecule has 0 aliphatic heterocycles. The molecule has 0 unspecified atom stereocenters. The van der Waals surface area contributed by atoms with Crippen LogP contribution in [0.2, 0.25) is 0 Å². The van der Waals surface area contributed by atoms with E-state index < -0.39 is 11.8 Å². The number of aryl methyl sites for hydroxylation is 1. The Balaban J connectivity index is 1.52. The van der Waals surface area contributed by atoms with E-state index in [0.717, 1.165) is 5.56 Å². The number of hydrogen-bond acceptors (Lipinski definition) is 6. The molecular weight excluding hydrogens is 560 g/mol. The van der Waals surface area contributed by atoms with Crippen molar-refractivity contribution in [3.8, 4) is 5.75 Å². The van der Waals surface area contributed by atoms with Gasteiger partial charge in [-0.3, -0.25) is 30.6 Å². The number of carbonyl (C=O) groups is 3. The normalized spacial score (nSPS) is 10.2. The molecule has 0 heterocycles. The van der Waals surface area contributed by atoms with E-state index in [1.165, 1.54) is 0 Å². The molecule has 3 rings (SSSR count). The molecule has 3 amide bonds. The first-order valence-electron chi connectivity index (χ1n) is 11.1. The summed E-state index contributed by atoms with van der Waals surface area (Å²) in [4.78, 5) is 37.6. The minimum Gasteiger partial charge on any atom is -0.490 e. The highest BCUT2D eigenvalue weighted by Crippen LogP contribution is 2.23. The Morgan fingerprint density at radius 3 is 2.32 bits per heavy atom. The number of benzene rings is 3. The van der Waals surface area contributed by atoms with Crippen LogP contribution in [0.3, 0.4) is 0 Å². The zero-order chi connectivity index (χ0) is 26.8. The maximum Gasteiger partial charge on any atom is 0.269 e. The van der Waals surface area contributed by atoms with Crippen molar-refractivity contribution in [2.75, 3.05) is 25.6 Å². The van der Waals surface area contributed by atoms with Crippen LogP contribution in [-0.4, -0.2) is 43.2 Å². The first-order valence-corrected chi connectivity index (χ1v) is 12.3. The molecule has 0 aliphatic rings. The largest absolute Gasteiger partial charge is 0.490 e. The Morgan fingerprint density at radius 2 is 1.62 bits per heavy atom. The Bertz CT molecular complexity index is 1300. The van der Waals surface area contributed by atoms with E-state index in [-0.39, 0.29) is 23.2 Å². The highest BCUT2D eigenvalue weighted by Gasteiger charge is 2.16. The average molecular weight is 585 g/mol. The molecule has 0 radical (unpaired) electrons. The topological polar surface area (TPSA) is 118 Å². The second-order valence-electron chi connectivity index (χ2n) is 7.75. The number of thiocarbonyl (C=S) groups is 1. The maximum atomic E-state index is 12.7. The Kier molecular flexibility index (Phi) is 10.1. The van der Waals surface area contributed by atoms with Gasteiger partial charge in [0.2, 0.25) is 0 Å². The summed E-state index contributed by atoms with van der Waals surface area (Å²) in [5, 5.41) is 5.18. The molecule has 3 aromatic carbocycles. The third-order valence-electron chi connectivity index (χ3n) is 4.93. The first-order chi connectivity index (χ1) is 17.8. The molecule has 4 N–H and O–H groups in total. The van der Waals surface area contributed by atoms with E-state index in [1.54, 1.807) is 61.7 Å². The van der Waals surface area contributed by atoms with E-state index in [4.69, 9.17) is 21.7 Å². The molecule has 0 bridgehead atoms. The molecule has 0 spiro atoms. The van der Waals surface area contributed by atoms with Crippen molar-refractivity contribution in [3.05, 3.63) is 93.5 Å². The monoisotopic (exact) mass is 584 g/mol. The van der Waals surface area contributed by atoms with Gasteiger partial charge in [0, 0.05) is 28.4 Å². The number of nitrogens with one attached hydrogen (secondary N) is 4. The van der Waals surface area contributed by atoms with E-state index in [2.05, 4.69) is 37.4 Å². The Morgan fingerprint density at radius 1 is 0.865 bits per heavy atom. The third-order valence-corrected chi connectivity index (χ3v) is 5.63. The van der Waals surface area contributed by atoms with Gasteiger partial charge in [0.25, 0.3) is 17.7 Å². The van der Waals surface area contributed by atoms with Crippen LogP contribution in [0.15, 0.2) is 71.2 Å². The number of anilines is 1. The van der Waals surface area contributed by atoms with Crippen molar-refractivity contribution in [2.45, 2.75) is 6.92 Å². The van der Waals surface area contributed by atoms with Gasteiger partial charge in [-0.15, -0.1) is 0 Å². The zero-order valence-corrected chi connectivity index (χ0v) is 22.5. The molecule has 11 heteroatoms. The average Bonchev–Trinajstić information content (AvgIpc) is 2.88. The molecule has 0 saturated carbocycles. The quantitative estimate of drug-likeness (QED) is 0.180. The SMILES string of the molecule is COCCOc1ccc(Br)cc1C(=O)NC(=S)NNC(=O)c1ccc(NC(=O)c2cccc(C)c2)cc1. The summed E-state index contributed by atoms with van der Waals surface area (Å²) in [5.74, 6) is -0.895. The Hall–Kier alpha value is -3.80. The van der Waals surface area contributed by atoms with Gasteiger partial charge in [-0.25, -0.2) is 0 Å². The third kappa shape index (κ3) is 8.38. The molecular formula is C26H25BrN4O5S. The van der Waals surface area contributed by atoms with Gasteiger partial charge in [0.1, 0.15) is 12.4 Å². The van der Waals surface area contributed by atoms with Crippen molar-refractivity contribution in [3.63, 3.8) is 0 Å². The molecule has 0 aromatic heterocycles.